The second-order valence-corrected chi connectivity index (χ2v) is 5.35. The zero-order chi connectivity index (χ0) is 17.7. The summed E-state index contributed by atoms with van der Waals surface area (Å²) in [5.41, 5.74) is 0.965. The van der Waals surface area contributed by atoms with Gasteiger partial charge in [-0.15, -0.1) is 0 Å². The van der Waals surface area contributed by atoms with Crippen molar-refractivity contribution in [3.63, 3.8) is 0 Å². The fraction of sp³-hybridized carbons (Fsp3) is 0.467. The maximum Gasteiger partial charge on any atom is 0.410 e. The van der Waals surface area contributed by atoms with Gasteiger partial charge in [-0.1, -0.05) is 6.92 Å². The number of rotatable bonds is 2. The zero-order valence-electron chi connectivity index (χ0n) is 13.2. The number of amides is 2. The van der Waals surface area contributed by atoms with Gasteiger partial charge in [0.25, 0.3) is 12.4 Å². The van der Waals surface area contributed by atoms with Crippen LogP contribution < -0.4 is 5.56 Å². The minimum absolute atomic E-state index is 0.0666. The third-order valence-electron chi connectivity index (χ3n) is 3.99. The zero-order valence-corrected chi connectivity index (χ0v) is 13.2. The Morgan fingerprint density at radius 2 is 2.12 bits per heavy atom. The predicted molar refractivity (Wildman–Crippen MR) is 82.9 cm³/mol. The summed E-state index contributed by atoms with van der Waals surface area (Å²) in [4.78, 5) is 49.9. The molecule has 24 heavy (non-hydrogen) atoms. The SMILES string of the molecule is CCc1[nH]c(=O)ccc1C(=O)N1CCN2C(=O)OCC2C1.O=CO. The highest BCUT2D eigenvalue weighted by Crippen LogP contribution is 2.19. The Balaban J connectivity index is 0.000000647. The molecule has 2 amide bonds. The molecule has 9 heteroatoms. The summed E-state index contributed by atoms with van der Waals surface area (Å²) in [6.07, 6.45) is 0.285. The molecule has 3 heterocycles. The highest BCUT2D eigenvalue weighted by Gasteiger charge is 2.39. The fourth-order valence-electron chi connectivity index (χ4n) is 2.84. The first-order chi connectivity index (χ1) is 11.5. The number of ether oxygens (including phenoxy) is 1. The van der Waals surface area contributed by atoms with Gasteiger partial charge in [0.1, 0.15) is 6.61 Å². The number of nitrogens with zero attached hydrogens (tertiary/aromatic N) is 2. The Labute approximate surface area is 137 Å². The molecule has 3 rings (SSSR count). The first kappa shape index (κ1) is 17.5. The number of carbonyl (C=O) groups excluding carboxylic acids is 2. The maximum absolute atomic E-state index is 12.6. The van der Waals surface area contributed by atoms with Gasteiger partial charge in [-0.3, -0.25) is 19.3 Å². The Morgan fingerprint density at radius 3 is 2.79 bits per heavy atom. The normalized spacial score (nSPS) is 19.0. The molecule has 2 aliphatic rings. The largest absolute Gasteiger partial charge is 0.483 e. The number of nitrogens with one attached hydrogen (secondary N) is 1. The smallest absolute Gasteiger partial charge is 0.410 e. The number of cyclic esters (lactones) is 1. The van der Waals surface area contributed by atoms with Gasteiger partial charge >= 0.3 is 6.09 Å². The lowest BCUT2D eigenvalue weighted by molar-refractivity contribution is -0.122. The molecule has 9 nitrogen and oxygen atoms in total. The molecule has 1 atom stereocenters. The molecule has 1 aromatic heterocycles. The first-order valence-electron chi connectivity index (χ1n) is 7.54. The molecular formula is C15H19N3O6. The van der Waals surface area contributed by atoms with Gasteiger partial charge in [0.15, 0.2) is 0 Å². The summed E-state index contributed by atoms with van der Waals surface area (Å²) < 4.78 is 5.00. The van der Waals surface area contributed by atoms with Gasteiger partial charge < -0.3 is 19.7 Å². The standard InChI is InChI=1S/C14H17N3O4.CH2O2/c1-2-11-10(3-4-12(18)15-11)13(19)16-5-6-17-9(7-16)8-21-14(17)20;2-1-3/h3-4,9H,2,5-8H2,1H3,(H,15,18);1H,(H,2,3). The average molecular weight is 337 g/mol. The van der Waals surface area contributed by atoms with Crippen molar-refractivity contribution in [2.45, 2.75) is 19.4 Å². The molecule has 2 aliphatic heterocycles. The van der Waals surface area contributed by atoms with Crippen LogP contribution in [0, 0.1) is 0 Å². The second-order valence-electron chi connectivity index (χ2n) is 5.35. The lowest BCUT2D eigenvalue weighted by atomic mass is 10.1. The van der Waals surface area contributed by atoms with Gasteiger partial charge in [0, 0.05) is 31.4 Å². The van der Waals surface area contributed by atoms with Gasteiger partial charge in [-0.05, 0) is 12.5 Å². The van der Waals surface area contributed by atoms with Crippen LogP contribution in [0.25, 0.3) is 0 Å². The van der Waals surface area contributed by atoms with E-state index in [1.807, 2.05) is 6.92 Å². The molecule has 0 radical (unpaired) electrons. The minimum Gasteiger partial charge on any atom is -0.483 e. The maximum atomic E-state index is 12.6. The van der Waals surface area contributed by atoms with Crippen LogP contribution in [0.15, 0.2) is 16.9 Å². The van der Waals surface area contributed by atoms with Crippen molar-refractivity contribution in [3.05, 3.63) is 33.7 Å². The van der Waals surface area contributed by atoms with Crippen molar-refractivity contribution < 1.29 is 24.2 Å². The number of hydrogen-bond acceptors (Lipinski definition) is 5. The number of carbonyl (C=O) groups is 3. The van der Waals surface area contributed by atoms with E-state index in [-0.39, 0.29) is 30.1 Å². The molecule has 0 aromatic carbocycles. The van der Waals surface area contributed by atoms with Crippen molar-refractivity contribution >= 4 is 18.5 Å². The van der Waals surface area contributed by atoms with Gasteiger partial charge in [-0.25, -0.2) is 4.79 Å². The van der Waals surface area contributed by atoms with Gasteiger partial charge in [0.2, 0.25) is 5.56 Å². The fourth-order valence-corrected chi connectivity index (χ4v) is 2.84. The lowest BCUT2D eigenvalue weighted by Gasteiger charge is -2.35. The number of fused-ring (bicyclic) bond motifs is 1. The van der Waals surface area contributed by atoms with Gasteiger partial charge in [0.05, 0.1) is 11.6 Å². The van der Waals surface area contributed by atoms with E-state index in [1.54, 1.807) is 15.9 Å². The molecule has 0 saturated carbocycles. The second kappa shape index (κ2) is 7.62. The summed E-state index contributed by atoms with van der Waals surface area (Å²) in [7, 11) is 0. The van der Waals surface area contributed by atoms with Crippen molar-refractivity contribution in [3.8, 4) is 0 Å². The molecule has 2 N–H and O–H groups in total. The van der Waals surface area contributed by atoms with E-state index >= 15 is 0 Å². The highest BCUT2D eigenvalue weighted by molar-refractivity contribution is 5.95. The number of pyridine rings is 1. The molecule has 2 saturated heterocycles. The number of aryl methyl sites for hydroxylation is 1. The van der Waals surface area contributed by atoms with E-state index in [4.69, 9.17) is 14.6 Å². The molecular weight excluding hydrogens is 318 g/mol. The molecule has 0 spiro atoms. The van der Waals surface area contributed by atoms with Crippen LogP contribution >= 0.6 is 0 Å². The Hall–Kier alpha value is -2.84. The molecule has 0 bridgehead atoms. The summed E-state index contributed by atoms with van der Waals surface area (Å²) in [6.45, 7) is 3.40. The molecule has 1 aromatic rings. The number of hydrogen-bond donors (Lipinski definition) is 2. The molecule has 130 valence electrons. The third-order valence-corrected chi connectivity index (χ3v) is 3.99. The molecule has 1 unspecified atom stereocenters. The number of piperazine rings is 1. The Bertz CT molecular complexity index is 686. The van der Waals surface area contributed by atoms with Crippen LogP contribution in [-0.4, -0.2) is 70.6 Å². The van der Waals surface area contributed by atoms with E-state index in [0.29, 0.717) is 43.9 Å². The summed E-state index contributed by atoms with van der Waals surface area (Å²) in [5.74, 6) is -0.109. The average Bonchev–Trinajstić information content (AvgIpc) is 2.95. The number of carboxylic acid groups (broad SMARTS) is 1. The topological polar surface area (TPSA) is 120 Å². The number of aromatic nitrogens is 1. The summed E-state index contributed by atoms with van der Waals surface area (Å²) in [5, 5.41) is 6.89. The highest BCUT2D eigenvalue weighted by atomic mass is 16.6. The summed E-state index contributed by atoms with van der Waals surface area (Å²) >= 11 is 0. The first-order valence-corrected chi connectivity index (χ1v) is 7.54. The molecule has 0 aliphatic carbocycles. The van der Waals surface area contributed by atoms with Crippen molar-refractivity contribution in [1.82, 2.24) is 14.8 Å². The van der Waals surface area contributed by atoms with Crippen LogP contribution in [0.3, 0.4) is 0 Å². The van der Waals surface area contributed by atoms with Crippen LogP contribution in [0.2, 0.25) is 0 Å². The summed E-state index contributed by atoms with van der Waals surface area (Å²) in [6, 6.07) is 2.87. The third kappa shape index (κ3) is 3.55. The van der Waals surface area contributed by atoms with Crippen LogP contribution in [0.4, 0.5) is 4.79 Å². The molecule has 2 fully saturated rings. The quantitative estimate of drug-likeness (QED) is 0.728. The van der Waals surface area contributed by atoms with Gasteiger partial charge in [-0.2, -0.15) is 0 Å². The monoisotopic (exact) mass is 337 g/mol. The van der Waals surface area contributed by atoms with E-state index < -0.39 is 0 Å². The van der Waals surface area contributed by atoms with Crippen molar-refractivity contribution in [1.29, 1.82) is 0 Å². The van der Waals surface area contributed by atoms with Crippen LogP contribution in [0.1, 0.15) is 23.0 Å². The van der Waals surface area contributed by atoms with Crippen LogP contribution in [0.5, 0.6) is 0 Å². The number of H-pyrrole nitrogens is 1. The van der Waals surface area contributed by atoms with E-state index in [1.165, 1.54) is 6.07 Å². The number of aromatic amines is 1. The van der Waals surface area contributed by atoms with Crippen molar-refractivity contribution in [2.75, 3.05) is 26.2 Å². The van der Waals surface area contributed by atoms with E-state index in [2.05, 4.69) is 4.98 Å². The predicted octanol–water partition coefficient (Wildman–Crippen LogP) is -0.0853. The van der Waals surface area contributed by atoms with Crippen LogP contribution in [-0.2, 0) is 16.0 Å². The minimum atomic E-state index is -0.301. The van der Waals surface area contributed by atoms with E-state index in [9.17, 15) is 14.4 Å². The Morgan fingerprint density at radius 1 is 1.42 bits per heavy atom. The van der Waals surface area contributed by atoms with E-state index in [0.717, 1.165) is 0 Å². The Kier molecular flexibility index (Phi) is 5.56. The van der Waals surface area contributed by atoms with Crippen molar-refractivity contribution in [2.24, 2.45) is 0 Å². The lowest BCUT2D eigenvalue weighted by Crippen LogP contribution is -2.53.